The number of nitrogens with zero attached hydrogens (tertiary/aromatic N) is 1. The number of hydrogen-bond acceptors (Lipinski definition) is 2. The van der Waals surface area contributed by atoms with E-state index < -0.39 is 0 Å². The number of amidine groups is 1. The average molecular weight is 198 g/mol. The smallest absolute Gasteiger partial charge is 0.156 e. The summed E-state index contributed by atoms with van der Waals surface area (Å²) in [6.45, 7) is 5.55. The first-order valence-electron chi connectivity index (χ1n) is 5.11. The van der Waals surface area contributed by atoms with E-state index >= 15 is 0 Å². The molecule has 1 heterocycles. The highest BCUT2D eigenvalue weighted by atomic mass is 32.2. The topological polar surface area (TPSA) is 24.4 Å². The van der Waals surface area contributed by atoms with E-state index in [1.165, 1.54) is 30.2 Å². The van der Waals surface area contributed by atoms with Crippen LogP contribution < -0.4 is 5.32 Å². The predicted octanol–water partition coefficient (Wildman–Crippen LogP) is 2.26. The summed E-state index contributed by atoms with van der Waals surface area (Å²) in [6, 6.07) is 0. The minimum Gasteiger partial charge on any atom is -0.360 e. The summed E-state index contributed by atoms with van der Waals surface area (Å²) in [5, 5.41) is 4.66. The Labute approximate surface area is 84.6 Å². The second kappa shape index (κ2) is 3.52. The van der Waals surface area contributed by atoms with E-state index in [-0.39, 0.29) is 5.54 Å². The molecule has 0 radical (unpaired) electrons. The molecule has 2 rings (SSSR count). The second-order valence-electron chi connectivity index (χ2n) is 4.70. The highest BCUT2D eigenvalue weighted by molar-refractivity contribution is 8.13. The lowest BCUT2D eigenvalue weighted by molar-refractivity contribution is 0.446. The molecule has 74 valence electrons. The van der Waals surface area contributed by atoms with E-state index in [0.29, 0.717) is 0 Å². The van der Waals surface area contributed by atoms with E-state index in [1.807, 2.05) is 11.8 Å². The van der Waals surface area contributed by atoms with Crippen LogP contribution in [-0.4, -0.2) is 23.0 Å². The molecule has 1 saturated heterocycles. The molecule has 0 aromatic carbocycles. The Hall–Kier alpha value is -0.180. The van der Waals surface area contributed by atoms with Gasteiger partial charge in [0.05, 0.1) is 0 Å². The van der Waals surface area contributed by atoms with Crippen molar-refractivity contribution in [3.8, 4) is 0 Å². The Balaban J connectivity index is 1.86. The van der Waals surface area contributed by atoms with Crippen molar-refractivity contribution in [2.75, 3.05) is 12.3 Å². The van der Waals surface area contributed by atoms with Crippen molar-refractivity contribution in [3.05, 3.63) is 0 Å². The van der Waals surface area contributed by atoms with Gasteiger partial charge in [0.15, 0.2) is 5.17 Å². The lowest BCUT2D eigenvalue weighted by Crippen LogP contribution is -2.46. The summed E-state index contributed by atoms with van der Waals surface area (Å²) in [6.07, 6.45) is 4.02. The predicted molar refractivity (Wildman–Crippen MR) is 59.3 cm³/mol. The average Bonchev–Trinajstić information content (AvgIpc) is 2.82. The largest absolute Gasteiger partial charge is 0.360 e. The van der Waals surface area contributed by atoms with Crippen LogP contribution in [0.25, 0.3) is 0 Å². The highest BCUT2D eigenvalue weighted by Gasteiger charge is 2.25. The van der Waals surface area contributed by atoms with Crippen LogP contribution in [0.3, 0.4) is 0 Å². The lowest BCUT2D eigenvalue weighted by Gasteiger charge is -2.32. The molecule has 2 fully saturated rings. The third kappa shape index (κ3) is 2.90. The summed E-state index contributed by atoms with van der Waals surface area (Å²) in [7, 11) is 0. The molecule has 3 heteroatoms. The summed E-state index contributed by atoms with van der Waals surface area (Å²) in [5.41, 5.74) is 0.258. The summed E-state index contributed by atoms with van der Waals surface area (Å²) >= 11 is 1.87. The standard InChI is InChI=1S/C10H18N2S/c1-10(2)5-6-13-9(12-10)11-7-8-3-4-8/h8H,3-7H2,1-2H3,(H,11,12). The minimum absolute atomic E-state index is 0.258. The second-order valence-corrected chi connectivity index (χ2v) is 5.78. The van der Waals surface area contributed by atoms with E-state index in [2.05, 4.69) is 24.2 Å². The normalized spacial score (nSPS) is 30.2. The van der Waals surface area contributed by atoms with Gasteiger partial charge in [-0.05, 0) is 39.0 Å². The molecule has 13 heavy (non-hydrogen) atoms. The molecule has 1 aliphatic heterocycles. The van der Waals surface area contributed by atoms with Crippen LogP contribution in [0.2, 0.25) is 0 Å². The maximum atomic E-state index is 4.61. The van der Waals surface area contributed by atoms with Crippen molar-refractivity contribution in [1.82, 2.24) is 5.32 Å². The maximum Gasteiger partial charge on any atom is 0.156 e. The van der Waals surface area contributed by atoms with Gasteiger partial charge in [-0.3, -0.25) is 4.99 Å². The molecule has 1 saturated carbocycles. The van der Waals surface area contributed by atoms with E-state index in [0.717, 1.165) is 12.5 Å². The monoisotopic (exact) mass is 198 g/mol. The van der Waals surface area contributed by atoms with E-state index in [4.69, 9.17) is 0 Å². The number of aliphatic imine (C=N–C) groups is 1. The molecule has 0 aromatic heterocycles. The quantitative estimate of drug-likeness (QED) is 0.736. The zero-order chi connectivity index (χ0) is 9.31. The molecule has 0 aromatic rings. The molecule has 0 atom stereocenters. The Morgan fingerprint density at radius 3 is 2.92 bits per heavy atom. The Bertz CT molecular complexity index is 219. The first kappa shape index (κ1) is 9.38. The Morgan fingerprint density at radius 2 is 2.31 bits per heavy atom. The molecule has 0 bridgehead atoms. The minimum atomic E-state index is 0.258. The van der Waals surface area contributed by atoms with Crippen molar-refractivity contribution in [3.63, 3.8) is 0 Å². The van der Waals surface area contributed by atoms with Gasteiger partial charge in [-0.15, -0.1) is 0 Å². The molecule has 0 spiro atoms. The van der Waals surface area contributed by atoms with Crippen molar-refractivity contribution < 1.29 is 0 Å². The molecule has 1 N–H and O–H groups in total. The molecule has 0 amide bonds. The van der Waals surface area contributed by atoms with Gasteiger partial charge in [0, 0.05) is 17.8 Å². The molecule has 1 aliphatic carbocycles. The SMILES string of the molecule is CC1(C)CCSC(=NCC2CC2)N1. The fourth-order valence-electron chi connectivity index (χ4n) is 1.39. The zero-order valence-electron chi connectivity index (χ0n) is 8.47. The summed E-state index contributed by atoms with van der Waals surface area (Å²) in [5.74, 6) is 2.11. The van der Waals surface area contributed by atoms with Gasteiger partial charge >= 0.3 is 0 Å². The van der Waals surface area contributed by atoms with Gasteiger partial charge in [0.25, 0.3) is 0 Å². The fourth-order valence-corrected chi connectivity index (χ4v) is 2.71. The van der Waals surface area contributed by atoms with E-state index in [9.17, 15) is 0 Å². The third-order valence-corrected chi connectivity index (χ3v) is 3.51. The first-order valence-corrected chi connectivity index (χ1v) is 6.10. The number of thioether (sulfide) groups is 1. The van der Waals surface area contributed by atoms with Crippen molar-refractivity contribution >= 4 is 16.9 Å². The van der Waals surface area contributed by atoms with Crippen LogP contribution in [0.5, 0.6) is 0 Å². The van der Waals surface area contributed by atoms with Crippen LogP contribution in [0.1, 0.15) is 33.1 Å². The highest BCUT2D eigenvalue weighted by Crippen LogP contribution is 2.29. The number of hydrogen-bond donors (Lipinski definition) is 1. The maximum absolute atomic E-state index is 4.61. The van der Waals surface area contributed by atoms with Gasteiger partial charge in [0.1, 0.15) is 0 Å². The number of nitrogens with one attached hydrogen (secondary N) is 1. The van der Waals surface area contributed by atoms with Gasteiger partial charge in [0.2, 0.25) is 0 Å². The van der Waals surface area contributed by atoms with Crippen LogP contribution in [0.15, 0.2) is 4.99 Å². The fraction of sp³-hybridized carbons (Fsp3) is 0.900. The van der Waals surface area contributed by atoms with Gasteiger partial charge in [-0.25, -0.2) is 0 Å². The van der Waals surface area contributed by atoms with Crippen LogP contribution in [0, 0.1) is 5.92 Å². The van der Waals surface area contributed by atoms with E-state index in [1.54, 1.807) is 0 Å². The summed E-state index contributed by atoms with van der Waals surface area (Å²) in [4.78, 5) is 4.61. The van der Waals surface area contributed by atoms with Gasteiger partial charge in [-0.2, -0.15) is 0 Å². The van der Waals surface area contributed by atoms with Crippen LogP contribution in [-0.2, 0) is 0 Å². The van der Waals surface area contributed by atoms with Crippen molar-refractivity contribution in [2.24, 2.45) is 10.9 Å². The van der Waals surface area contributed by atoms with Crippen molar-refractivity contribution in [2.45, 2.75) is 38.6 Å². The van der Waals surface area contributed by atoms with Gasteiger partial charge in [-0.1, -0.05) is 11.8 Å². The molecular formula is C10H18N2S. The van der Waals surface area contributed by atoms with Crippen LogP contribution >= 0.6 is 11.8 Å². The lowest BCUT2D eigenvalue weighted by atomic mass is 10.0. The zero-order valence-corrected chi connectivity index (χ0v) is 9.28. The Morgan fingerprint density at radius 1 is 1.54 bits per heavy atom. The molecular weight excluding hydrogens is 180 g/mol. The van der Waals surface area contributed by atoms with Crippen LogP contribution in [0.4, 0.5) is 0 Å². The van der Waals surface area contributed by atoms with Crippen molar-refractivity contribution in [1.29, 1.82) is 0 Å². The molecule has 0 unspecified atom stereocenters. The Kier molecular flexibility index (Phi) is 2.54. The molecule has 2 aliphatic rings. The number of rotatable bonds is 2. The molecule has 2 nitrogen and oxygen atoms in total. The third-order valence-electron chi connectivity index (χ3n) is 2.60. The first-order chi connectivity index (χ1) is 6.16. The van der Waals surface area contributed by atoms with Gasteiger partial charge < -0.3 is 5.32 Å². The summed E-state index contributed by atoms with van der Waals surface area (Å²) < 4.78 is 0.